The predicted octanol–water partition coefficient (Wildman–Crippen LogP) is 3.60. The van der Waals surface area contributed by atoms with Crippen molar-refractivity contribution in [1.29, 1.82) is 0 Å². The van der Waals surface area contributed by atoms with E-state index in [1.54, 1.807) is 18.5 Å². The molecule has 3 aromatic rings. The van der Waals surface area contributed by atoms with Gasteiger partial charge in [-0.25, -0.2) is 9.78 Å². The van der Waals surface area contributed by atoms with Crippen LogP contribution in [0.1, 0.15) is 35.5 Å². The van der Waals surface area contributed by atoms with Gasteiger partial charge in [0, 0.05) is 12.6 Å². The molecule has 0 spiro atoms. The Morgan fingerprint density at radius 3 is 2.62 bits per heavy atom. The molecular formula is C20H22N2O4. The monoisotopic (exact) mass is 354 g/mol. The first-order valence-corrected chi connectivity index (χ1v) is 8.61. The molecule has 0 unspecified atom stereocenters. The molecule has 1 N–H and O–H groups in total. The molecule has 6 heteroatoms. The highest BCUT2D eigenvalue weighted by molar-refractivity contribution is 6.00. The SMILES string of the molecule is CCOC(=O)c1c(O)c2nc(OCc3ccccc3)c(CC)cc2n1C. The lowest BCUT2D eigenvalue weighted by Gasteiger charge is -2.10. The molecule has 0 saturated carbocycles. The Hall–Kier alpha value is -3.02. The lowest BCUT2D eigenvalue weighted by atomic mass is 10.2. The van der Waals surface area contributed by atoms with Gasteiger partial charge in [-0.15, -0.1) is 0 Å². The first-order valence-electron chi connectivity index (χ1n) is 8.61. The maximum atomic E-state index is 12.1. The quantitative estimate of drug-likeness (QED) is 0.685. The number of fused-ring (bicyclic) bond motifs is 1. The van der Waals surface area contributed by atoms with E-state index in [1.165, 1.54) is 0 Å². The van der Waals surface area contributed by atoms with Crippen LogP contribution >= 0.6 is 0 Å². The van der Waals surface area contributed by atoms with Crippen LogP contribution in [0, 0.1) is 0 Å². The molecule has 3 rings (SSSR count). The zero-order chi connectivity index (χ0) is 18.7. The van der Waals surface area contributed by atoms with Gasteiger partial charge < -0.3 is 19.1 Å². The Labute approximate surface area is 152 Å². The van der Waals surface area contributed by atoms with Crippen LogP contribution in [0.15, 0.2) is 36.4 Å². The summed E-state index contributed by atoms with van der Waals surface area (Å²) in [6.45, 7) is 4.34. The molecule has 0 bridgehead atoms. The summed E-state index contributed by atoms with van der Waals surface area (Å²) in [6, 6.07) is 11.7. The van der Waals surface area contributed by atoms with Gasteiger partial charge in [-0.3, -0.25) is 0 Å². The largest absolute Gasteiger partial charge is 0.504 e. The van der Waals surface area contributed by atoms with E-state index in [0.29, 0.717) is 29.9 Å². The van der Waals surface area contributed by atoms with E-state index in [1.807, 2.05) is 43.3 Å². The number of benzene rings is 1. The van der Waals surface area contributed by atoms with Crippen LogP contribution in [-0.4, -0.2) is 27.2 Å². The summed E-state index contributed by atoms with van der Waals surface area (Å²) < 4.78 is 12.5. The summed E-state index contributed by atoms with van der Waals surface area (Å²) in [4.78, 5) is 16.6. The molecule has 0 aliphatic heterocycles. The number of pyridine rings is 1. The summed E-state index contributed by atoms with van der Waals surface area (Å²) >= 11 is 0. The number of carbonyl (C=O) groups is 1. The molecule has 0 saturated heterocycles. The second-order valence-corrected chi connectivity index (χ2v) is 5.92. The van der Waals surface area contributed by atoms with Gasteiger partial charge in [0.25, 0.3) is 0 Å². The van der Waals surface area contributed by atoms with Crippen molar-refractivity contribution < 1.29 is 19.4 Å². The summed E-state index contributed by atoms with van der Waals surface area (Å²) in [5, 5.41) is 10.5. The third-order valence-electron chi connectivity index (χ3n) is 4.26. The smallest absolute Gasteiger partial charge is 0.358 e. The van der Waals surface area contributed by atoms with Gasteiger partial charge in [-0.2, -0.15) is 0 Å². The number of esters is 1. The summed E-state index contributed by atoms with van der Waals surface area (Å²) in [5.41, 5.74) is 3.02. The molecule has 0 aliphatic rings. The number of aromatic nitrogens is 2. The standard InChI is InChI=1S/C20H22N2O4/c1-4-14-11-15-16(18(23)17(22(15)3)20(24)25-5-2)21-19(14)26-12-13-9-7-6-8-10-13/h6-11,23H,4-5,12H2,1-3H3. The summed E-state index contributed by atoms with van der Waals surface area (Å²) in [7, 11) is 1.71. The van der Waals surface area contributed by atoms with Crippen molar-refractivity contribution in [2.75, 3.05) is 6.61 Å². The lowest BCUT2D eigenvalue weighted by molar-refractivity contribution is 0.0512. The first-order chi connectivity index (χ1) is 12.6. The van der Waals surface area contributed by atoms with Crippen LogP contribution in [0.5, 0.6) is 11.6 Å². The zero-order valence-electron chi connectivity index (χ0n) is 15.2. The van der Waals surface area contributed by atoms with Gasteiger partial charge in [-0.1, -0.05) is 37.3 Å². The molecule has 0 aliphatic carbocycles. The van der Waals surface area contributed by atoms with Crippen molar-refractivity contribution in [1.82, 2.24) is 9.55 Å². The molecule has 0 amide bonds. The number of ether oxygens (including phenoxy) is 2. The average molecular weight is 354 g/mol. The van der Waals surface area contributed by atoms with E-state index in [0.717, 1.165) is 11.1 Å². The van der Waals surface area contributed by atoms with Gasteiger partial charge in [0.1, 0.15) is 12.1 Å². The maximum Gasteiger partial charge on any atom is 0.358 e. The zero-order valence-corrected chi connectivity index (χ0v) is 15.2. The molecule has 0 radical (unpaired) electrons. The molecule has 26 heavy (non-hydrogen) atoms. The van der Waals surface area contributed by atoms with Crippen molar-refractivity contribution in [3.63, 3.8) is 0 Å². The number of aromatic hydroxyl groups is 1. The fraction of sp³-hybridized carbons (Fsp3) is 0.300. The van der Waals surface area contributed by atoms with Gasteiger partial charge >= 0.3 is 5.97 Å². The number of rotatable bonds is 6. The highest BCUT2D eigenvalue weighted by Crippen LogP contribution is 2.34. The topological polar surface area (TPSA) is 73.6 Å². The van der Waals surface area contributed by atoms with E-state index in [-0.39, 0.29) is 18.1 Å². The minimum absolute atomic E-state index is 0.0941. The molecule has 1 aromatic carbocycles. The Bertz CT molecular complexity index is 932. The van der Waals surface area contributed by atoms with Crippen LogP contribution in [0.25, 0.3) is 11.0 Å². The highest BCUT2D eigenvalue weighted by atomic mass is 16.5. The number of carbonyl (C=O) groups excluding carboxylic acids is 1. The second-order valence-electron chi connectivity index (χ2n) is 5.92. The molecule has 2 aromatic heterocycles. The molecule has 136 valence electrons. The van der Waals surface area contributed by atoms with Crippen molar-refractivity contribution >= 4 is 17.0 Å². The van der Waals surface area contributed by atoms with Gasteiger partial charge in [0.05, 0.1) is 12.1 Å². The van der Waals surface area contributed by atoms with E-state index in [9.17, 15) is 9.90 Å². The fourth-order valence-corrected chi connectivity index (χ4v) is 2.88. The second kappa shape index (κ2) is 7.47. The Kier molecular flexibility index (Phi) is 5.11. The third-order valence-corrected chi connectivity index (χ3v) is 4.26. The van der Waals surface area contributed by atoms with Gasteiger partial charge in [-0.05, 0) is 25.0 Å². The van der Waals surface area contributed by atoms with Crippen molar-refractivity contribution in [3.8, 4) is 11.6 Å². The summed E-state index contributed by atoms with van der Waals surface area (Å²) in [5.74, 6) is -0.302. The Balaban J connectivity index is 2.02. The van der Waals surface area contributed by atoms with E-state index in [4.69, 9.17) is 9.47 Å². The maximum absolute atomic E-state index is 12.1. The Morgan fingerprint density at radius 2 is 1.96 bits per heavy atom. The third kappa shape index (κ3) is 3.22. The minimum atomic E-state index is -0.574. The Morgan fingerprint density at radius 1 is 1.23 bits per heavy atom. The number of aryl methyl sites for hydroxylation is 2. The van der Waals surface area contributed by atoms with E-state index >= 15 is 0 Å². The van der Waals surface area contributed by atoms with Crippen molar-refractivity contribution in [3.05, 3.63) is 53.2 Å². The molecular weight excluding hydrogens is 332 g/mol. The molecule has 6 nitrogen and oxygen atoms in total. The van der Waals surface area contributed by atoms with Crippen LogP contribution in [-0.2, 0) is 24.8 Å². The van der Waals surface area contributed by atoms with Crippen LogP contribution in [0.2, 0.25) is 0 Å². The van der Waals surface area contributed by atoms with Gasteiger partial charge in [0.15, 0.2) is 11.4 Å². The van der Waals surface area contributed by atoms with Crippen molar-refractivity contribution in [2.45, 2.75) is 26.9 Å². The number of hydrogen-bond donors (Lipinski definition) is 1. The highest BCUT2D eigenvalue weighted by Gasteiger charge is 2.24. The molecule has 0 atom stereocenters. The normalized spacial score (nSPS) is 10.9. The van der Waals surface area contributed by atoms with E-state index < -0.39 is 5.97 Å². The van der Waals surface area contributed by atoms with Crippen LogP contribution in [0.4, 0.5) is 0 Å². The first kappa shape index (κ1) is 17.8. The summed E-state index contributed by atoms with van der Waals surface area (Å²) in [6.07, 6.45) is 0.716. The fourth-order valence-electron chi connectivity index (χ4n) is 2.88. The predicted molar refractivity (Wildman–Crippen MR) is 98.5 cm³/mol. The van der Waals surface area contributed by atoms with Crippen LogP contribution in [0.3, 0.4) is 0 Å². The number of hydrogen-bond acceptors (Lipinski definition) is 5. The van der Waals surface area contributed by atoms with Crippen LogP contribution < -0.4 is 4.74 Å². The molecule has 0 fully saturated rings. The average Bonchev–Trinajstić information content (AvgIpc) is 2.90. The van der Waals surface area contributed by atoms with E-state index in [2.05, 4.69) is 4.98 Å². The van der Waals surface area contributed by atoms with Crippen molar-refractivity contribution in [2.24, 2.45) is 7.05 Å². The van der Waals surface area contributed by atoms with Gasteiger partial charge in [0.2, 0.25) is 5.88 Å². The minimum Gasteiger partial charge on any atom is -0.504 e. The molecule has 2 heterocycles. The number of nitrogens with zero attached hydrogens (tertiary/aromatic N) is 2. The lowest BCUT2D eigenvalue weighted by Crippen LogP contribution is -2.09.